The number of benzene rings is 2. The predicted octanol–water partition coefficient (Wildman–Crippen LogP) is 3.96. The molecule has 6 rings (SSSR count). The van der Waals surface area contributed by atoms with Crippen molar-refractivity contribution in [3.05, 3.63) is 77.3 Å². The van der Waals surface area contributed by atoms with Crippen molar-refractivity contribution in [1.29, 1.82) is 0 Å². The summed E-state index contributed by atoms with van der Waals surface area (Å²) in [5.74, 6) is 0.337. The lowest BCUT2D eigenvalue weighted by Crippen LogP contribution is -2.29. The maximum atomic E-state index is 13.2. The number of hydrogen-bond acceptors (Lipinski definition) is 7. The first kappa shape index (κ1) is 19.5. The number of hydrogen-bond donors (Lipinski definition) is 1. The molecular formula is C25H19NO7. The van der Waals surface area contributed by atoms with Gasteiger partial charge >= 0.3 is 0 Å². The minimum Gasteiger partial charge on any atom is -0.507 e. The van der Waals surface area contributed by atoms with E-state index < -0.39 is 17.7 Å². The van der Waals surface area contributed by atoms with Crippen LogP contribution in [-0.4, -0.2) is 30.2 Å². The lowest BCUT2D eigenvalue weighted by atomic mass is 9.96. The Labute approximate surface area is 188 Å². The Kier molecular flexibility index (Phi) is 4.39. The topological polar surface area (TPSA) is 98.4 Å². The van der Waals surface area contributed by atoms with Crippen LogP contribution in [0.2, 0.25) is 0 Å². The van der Waals surface area contributed by atoms with E-state index in [9.17, 15) is 14.7 Å². The number of carbonyl (C=O) groups is 2. The molecule has 4 heterocycles. The van der Waals surface area contributed by atoms with Crippen LogP contribution in [0.15, 0.2) is 64.8 Å². The highest BCUT2D eigenvalue weighted by molar-refractivity contribution is 6.51. The molecule has 1 saturated heterocycles. The first-order valence-corrected chi connectivity index (χ1v) is 10.6. The van der Waals surface area contributed by atoms with Crippen molar-refractivity contribution in [2.24, 2.45) is 0 Å². The summed E-state index contributed by atoms with van der Waals surface area (Å²) in [6.07, 6.45) is 3.15. The summed E-state index contributed by atoms with van der Waals surface area (Å²) in [4.78, 5) is 27.7. The van der Waals surface area contributed by atoms with Crippen LogP contribution >= 0.6 is 0 Å². The van der Waals surface area contributed by atoms with Gasteiger partial charge in [0.1, 0.15) is 23.3 Å². The Morgan fingerprint density at radius 1 is 0.970 bits per heavy atom. The number of aryl methyl sites for hydroxylation is 1. The number of ketones is 1. The van der Waals surface area contributed by atoms with Crippen LogP contribution in [-0.2, 0) is 16.0 Å². The lowest BCUT2D eigenvalue weighted by Gasteiger charge is -2.23. The summed E-state index contributed by atoms with van der Waals surface area (Å²) in [5, 5.41) is 11.3. The molecule has 0 spiro atoms. The number of fused-ring (bicyclic) bond motifs is 2. The molecule has 0 saturated carbocycles. The van der Waals surface area contributed by atoms with Crippen LogP contribution in [0.5, 0.6) is 17.2 Å². The third kappa shape index (κ3) is 3.06. The number of amides is 1. The van der Waals surface area contributed by atoms with E-state index in [0.29, 0.717) is 35.1 Å². The van der Waals surface area contributed by atoms with Gasteiger partial charge in [0.15, 0.2) is 11.5 Å². The zero-order valence-corrected chi connectivity index (χ0v) is 17.4. The van der Waals surface area contributed by atoms with Gasteiger partial charge in [-0.05, 0) is 60.9 Å². The van der Waals surface area contributed by atoms with Gasteiger partial charge in [-0.3, -0.25) is 14.5 Å². The van der Waals surface area contributed by atoms with E-state index in [2.05, 4.69) is 0 Å². The molecule has 8 heteroatoms. The fourth-order valence-electron chi connectivity index (χ4n) is 4.51. The van der Waals surface area contributed by atoms with Gasteiger partial charge in [0.2, 0.25) is 6.79 Å². The van der Waals surface area contributed by atoms with Gasteiger partial charge in [0.05, 0.1) is 18.4 Å². The molecule has 33 heavy (non-hydrogen) atoms. The van der Waals surface area contributed by atoms with Crippen LogP contribution in [0.4, 0.5) is 5.69 Å². The van der Waals surface area contributed by atoms with Gasteiger partial charge in [0.25, 0.3) is 11.7 Å². The number of aliphatic hydroxyl groups excluding tert-OH is 1. The molecule has 0 aliphatic carbocycles. The van der Waals surface area contributed by atoms with Crippen molar-refractivity contribution in [3.8, 4) is 17.2 Å². The number of nitrogens with zero attached hydrogens (tertiary/aromatic N) is 1. The van der Waals surface area contributed by atoms with E-state index in [4.69, 9.17) is 18.6 Å². The maximum absolute atomic E-state index is 13.2. The molecule has 0 bridgehead atoms. The molecule has 1 atom stereocenters. The van der Waals surface area contributed by atoms with E-state index in [1.807, 2.05) is 0 Å². The van der Waals surface area contributed by atoms with Crippen LogP contribution in [0, 0.1) is 0 Å². The second-order valence-electron chi connectivity index (χ2n) is 8.00. The Bertz CT molecular complexity index is 1310. The summed E-state index contributed by atoms with van der Waals surface area (Å²) in [5.41, 5.74) is 1.79. The Morgan fingerprint density at radius 2 is 1.82 bits per heavy atom. The predicted molar refractivity (Wildman–Crippen MR) is 116 cm³/mol. The molecule has 1 unspecified atom stereocenters. The van der Waals surface area contributed by atoms with Gasteiger partial charge in [-0.2, -0.15) is 0 Å². The largest absolute Gasteiger partial charge is 0.507 e. The normalized spacial score (nSPS) is 20.6. The van der Waals surface area contributed by atoms with E-state index in [1.165, 1.54) is 11.2 Å². The Balaban J connectivity index is 1.50. The monoisotopic (exact) mass is 445 g/mol. The minimum absolute atomic E-state index is 0.0377. The average Bonchev–Trinajstić information content (AvgIpc) is 3.58. The minimum atomic E-state index is -0.937. The van der Waals surface area contributed by atoms with Crippen molar-refractivity contribution in [2.75, 3.05) is 18.3 Å². The molecule has 3 aliphatic heterocycles. The molecular weight excluding hydrogens is 426 g/mol. The number of carbonyl (C=O) groups excluding carboxylic acids is 2. The van der Waals surface area contributed by atoms with Crippen LogP contribution < -0.4 is 19.1 Å². The zero-order valence-electron chi connectivity index (χ0n) is 17.4. The third-order valence-corrected chi connectivity index (χ3v) is 6.07. The molecule has 2 aromatic carbocycles. The van der Waals surface area contributed by atoms with Gasteiger partial charge in [-0.1, -0.05) is 0 Å². The summed E-state index contributed by atoms with van der Waals surface area (Å²) in [6, 6.07) is 12.7. The quantitative estimate of drug-likeness (QED) is 0.370. The molecule has 8 nitrogen and oxygen atoms in total. The van der Waals surface area contributed by atoms with Crippen LogP contribution in [0.3, 0.4) is 0 Å². The molecule has 1 N–H and O–H groups in total. The molecule has 1 amide bonds. The highest BCUT2D eigenvalue weighted by Gasteiger charge is 2.48. The molecule has 1 fully saturated rings. The number of Topliss-reactive ketones (excluding diaryl/α,β-unsaturated/α-hetero) is 1. The number of anilines is 1. The van der Waals surface area contributed by atoms with Gasteiger partial charge < -0.3 is 23.7 Å². The Morgan fingerprint density at radius 3 is 2.67 bits per heavy atom. The first-order chi connectivity index (χ1) is 16.1. The molecule has 3 aromatic rings. The number of ether oxygens (including phenoxy) is 3. The number of rotatable bonds is 3. The summed E-state index contributed by atoms with van der Waals surface area (Å²) in [7, 11) is 0. The van der Waals surface area contributed by atoms with Crippen LogP contribution in [0.1, 0.15) is 29.3 Å². The standard InChI is InChI=1S/C25H19NO7/c27-23(15-5-7-17-14(11-15)3-1-9-30-17)21-22(19-4-2-10-31-19)26(25(29)24(21)28)16-6-8-18-20(12-16)33-13-32-18/h2,4-8,10-12,22,27H,1,3,9,13H2/b23-21-. The van der Waals surface area contributed by atoms with Crippen molar-refractivity contribution in [1.82, 2.24) is 0 Å². The average molecular weight is 445 g/mol. The van der Waals surface area contributed by atoms with Crippen molar-refractivity contribution >= 4 is 23.1 Å². The first-order valence-electron chi connectivity index (χ1n) is 10.6. The zero-order chi connectivity index (χ0) is 22.5. The SMILES string of the molecule is O=C1C(=O)N(c2ccc3c(c2)OCO3)C(c2ccco2)/C1=C(/O)c1ccc2c(c1)CCCO2. The van der Waals surface area contributed by atoms with E-state index >= 15 is 0 Å². The second-order valence-corrected chi connectivity index (χ2v) is 8.00. The summed E-state index contributed by atoms with van der Waals surface area (Å²) < 4.78 is 22.0. The Hall–Kier alpha value is -4.20. The number of aliphatic hydroxyl groups is 1. The summed E-state index contributed by atoms with van der Waals surface area (Å²) >= 11 is 0. The van der Waals surface area contributed by atoms with Crippen molar-refractivity contribution in [2.45, 2.75) is 18.9 Å². The van der Waals surface area contributed by atoms with Gasteiger partial charge in [0, 0.05) is 17.3 Å². The highest BCUT2D eigenvalue weighted by atomic mass is 16.7. The van der Waals surface area contributed by atoms with E-state index in [-0.39, 0.29) is 18.1 Å². The summed E-state index contributed by atoms with van der Waals surface area (Å²) in [6.45, 7) is 0.735. The molecule has 166 valence electrons. The molecule has 3 aliphatic rings. The number of furan rings is 1. The fraction of sp³-hybridized carbons (Fsp3) is 0.200. The van der Waals surface area contributed by atoms with E-state index in [0.717, 1.165) is 24.2 Å². The molecule has 1 aromatic heterocycles. The maximum Gasteiger partial charge on any atom is 0.300 e. The second kappa shape index (κ2) is 7.44. The van der Waals surface area contributed by atoms with Crippen LogP contribution in [0.25, 0.3) is 5.76 Å². The fourth-order valence-corrected chi connectivity index (χ4v) is 4.51. The highest BCUT2D eigenvalue weighted by Crippen LogP contribution is 2.45. The van der Waals surface area contributed by atoms with Gasteiger partial charge in [-0.25, -0.2) is 0 Å². The van der Waals surface area contributed by atoms with Crippen molar-refractivity contribution < 1.29 is 33.3 Å². The third-order valence-electron chi connectivity index (χ3n) is 6.07. The van der Waals surface area contributed by atoms with E-state index in [1.54, 1.807) is 48.5 Å². The smallest absolute Gasteiger partial charge is 0.300 e. The van der Waals surface area contributed by atoms with Crippen molar-refractivity contribution in [3.63, 3.8) is 0 Å². The molecule has 0 radical (unpaired) electrons. The lowest BCUT2D eigenvalue weighted by molar-refractivity contribution is -0.132. The van der Waals surface area contributed by atoms with Gasteiger partial charge in [-0.15, -0.1) is 0 Å².